The number of aromatic nitrogens is 3. The summed E-state index contributed by atoms with van der Waals surface area (Å²) < 4.78 is 14.0. The Bertz CT molecular complexity index is 7320. The van der Waals surface area contributed by atoms with Crippen LogP contribution in [-0.4, -0.2) is 13.7 Å². The van der Waals surface area contributed by atoms with Crippen LogP contribution in [0, 0.1) is 0 Å². The highest BCUT2D eigenvalue weighted by Gasteiger charge is 2.22. The van der Waals surface area contributed by atoms with Gasteiger partial charge in [0.2, 0.25) is 0 Å². The van der Waals surface area contributed by atoms with Crippen molar-refractivity contribution in [3.05, 3.63) is 394 Å². The molecule has 0 N–H and O–H groups in total. The van der Waals surface area contributed by atoms with E-state index in [1.165, 1.54) is 198 Å². The highest BCUT2D eigenvalue weighted by Crippen LogP contribution is 2.48. The Kier molecular flexibility index (Phi) is 16.0. The van der Waals surface area contributed by atoms with Crippen molar-refractivity contribution < 1.29 is 0 Å². The van der Waals surface area contributed by atoms with Gasteiger partial charge in [0.1, 0.15) is 0 Å². The van der Waals surface area contributed by atoms with Crippen LogP contribution in [0.4, 0.5) is 0 Å². The molecule has 23 aromatic rings. The van der Waals surface area contributed by atoms with E-state index < -0.39 is 0 Å². The molecule has 0 aliphatic rings. The lowest BCUT2D eigenvalue weighted by atomic mass is 9.98. The van der Waals surface area contributed by atoms with Gasteiger partial charge in [0.25, 0.3) is 0 Å². The molecule has 0 radical (unpaired) electrons. The monoisotopic (exact) mass is 1460 g/mol. The van der Waals surface area contributed by atoms with Crippen LogP contribution >= 0.6 is 45.3 Å². The Labute approximate surface area is 645 Å². The van der Waals surface area contributed by atoms with Gasteiger partial charge in [-0.05, 0) is 175 Å². The summed E-state index contributed by atoms with van der Waals surface area (Å²) in [6, 6.07) is 143. The van der Waals surface area contributed by atoms with Crippen molar-refractivity contribution in [3.63, 3.8) is 0 Å². The number of benzene rings is 16. The number of hydrogen-bond donors (Lipinski definition) is 0. The molecule has 0 atom stereocenters. The first kappa shape index (κ1) is 64.4. The minimum absolute atomic E-state index is 1.17. The van der Waals surface area contributed by atoms with E-state index in [9.17, 15) is 0 Å². The maximum atomic E-state index is 2.45. The zero-order valence-electron chi connectivity index (χ0n) is 59.0. The van der Waals surface area contributed by atoms with Crippen molar-refractivity contribution in [2.75, 3.05) is 0 Å². The van der Waals surface area contributed by atoms with Crippen LogP contribution in [0.5, 0.6) is 0 Å². The Morgan fingerprint density at radius 3 is 0.908 bits per heavy atom. The van der Waals surface area contributed by atoms with Crippen LogP contribution in [0.2, 0.25) is 0 Å². The second-order valence-electron chi connectivity index (χ2n) is 27.8. The van der Waals surface area contributed by atoms with Crippen molar-refractivity contribution in [1.82, 2.24) is 13.7 Å². The third-order valence-corrected chi connectivity index (χ3v) is 26.2. The molecule has 0 fully saturated rings. The van der Waals surface area contributed by atoms with Gasteiger partial charge in [0.05, 0.1) is 33.1 Å². The van der Waals surface area contributed by atoms with Crippen molar-refractivity contribution in [1.29, 1.82) is 0 Å². The van der Waals surface area contributed by atoms with E-state index in [-0.39, 0.29) is 0 Å². The van der Waals surface area contributed by atoms with E-state index >= 15 is 0 Å². The number of nitrogens with zero attached hydrogens (tertiary/aromatic N) is 3. The van der Waals surface area contributed by atoms with Gasteiger partial charge in [-0.1, -0.05) is 285 Å². The maximum Gasteiger partial charge on any atom is 0.0555 e. The van der Waals surface area contributed by atoms with Gasteiger partial charge in [-0.15, -0.1) is 45.3 Å². The Morgan fingerprint density at radius 2 is 0.486 bits per heavy atom. The molecular weight excluding hydrogens is 1400 g/mol. The number of fused-ring (bicyclic) bond motifs is 18. The Balaban J connectivity index is 0.000000104. The summed E-state index contributed by atoms with van der Waals surface area (Å²) in [5.74, 6) is 0. The van der Waals surface area contributed by atoms with E-state index in [1.54, 1.807) is 0 Å². The van der Waals surface area contributed by atoms with Crippen LogP contribution < -0.4 is 0 Å². The number of para-hydroxylation sites is 3. The Morgan fingerprint density at radius 1 is 0.165 bits per heavy atom. The molecule has 16 aromatic carbocycles. The average Bonchev–Trinajstić information content (AvgIpc) is 1.58. The molecule has 0 aliphatic carbocycles. The molecule has 0 aliphatic heterocycles. The first-order chi connectivity index (χ1) is 54.0. The Hall–Kier alpha value is -13.0. The molecule has 23 rings (SSSR count). The molecule has 0 saturated heterocycles. The van der Waals surface area contributed by atoms with E-state index in [4.69, 9.17) is 0 Å². The topological polar surface area (TPSA) is 14.8 Å². The molecule has 0 bridgehead atoms. The average molecular weight is 1460 g/mol. The molecule has 3 nitrogen and oxygen atoms in total. The summed E-state index contributed by atoms with van der Waals surface area (Å²) in [6.07, 6.45) is 0. The fourth-order valence-corrected chi connectivity index (χ4v) is 21.1. The predicted molar refractivity (Wildman–Crippen MR) is 474 cm³/mol. The number of thiophene rings is 4. The zero-order valence-corrected chi connectivity index (χ0v) is 62.3. The molecule has 7 heterocycles. The van der Waals surface area contributed by atoms with Gasteiger partial charge in [-0.25, -0.2) is 0 Å². The van der Waals surface area contributed by atoms with E-state index in [2.05, 4.69) is 408 Å². The summed E-state index contributed by atoms with van der Waals surface area (Å²) in [5, 5.41) is 14.5. The van der Waals surface area contributed by atoms with Crippen LogP contribution in [0.25, 0.3) is 198 Å². The SMILES string of the molecule is c1ccc(-c2cc(-c3ccccc3)cc(-n3c4ccccc4c4c5sc(-c6ccccc6)cc5ccc43)c2)cc1.c1ccc(-c2cc3ccc4c(c5ccccc5n4-c4ccc5sc6ccccc6c5c4)c3s2)cc1.c1ccc(-c2cccc(-n3c4ccccc4c4c5sc(-c6ccccc6)cc5ccc43)c2)cc1. The van der Waals surface area contributed by atoms with Crippen LogP contribution in [0.3, 0.4) is 0 Å². The van der Waals surface area contributed by atoms with Crippen LogP contribution in [0.1, 0.15) is 0 Å². The minimum Gasteiger partial charge on any atom is -0.309 e. The van der Waals surface area contributed by atoms with Crippen molar-refractivity contribution >= 4 is 161 Å². The molecule has 512 valence electrons. The summed E-state index contributed by atoms with van der Waals surface area (Å²) in [6.45, 7) is 0. The zero-order chi connectivity index (χ0) is 71.9. The van der Waals surface area contributed by atoms with E-state index in [0.717, 1.165) is 0 Å². The lowest BCUT2D eigenvalue weighted by Crippen LogP contribution is -1.96. The molecule has 7 aromatic heterocycles. The molecule has 7 heteroatoms. The van der Waals surface area contributed by atoms with E-state index in [0.29, 0.717) is 0 Å². The highest BCUT2D eigenvalue weighted by atomic mass is 32.1. The number of hydrogen-bond acceptors (Lipinski definition) is 4. The lowest BCUT2D eigenvalue weighted by molar-refractivity contribution is 1.18. The molecule has 109 heavy (non-hydrogen) atoms. The third kappa shape index (κ3) is 11.4. The van der Waals surface area contributed by atoms with Crippen LogP contribution in [-0.2, 0) is 0 Å². The van der Waals surface area contributed by atoms with Gasteiger partial charge in [0.15, 0.2) is 0 Å². The smallest absolute Gasteiger partial charge is 0.0555 e. The summed E-state index contributed by atoms with van der Waals surface area (Å²) in [4.78, 5) is 3.93. The van der Waals surface area contributed by atoms with Crippen LogP contribution in [0.15, 0.2) is 394 Å². The number of rotatable bonds is 9. The quantitative estimate of drug-likeness (QED) is 0.137. The normalized spacial score (nSPS) is 11.7. The molecule has 0 saturated carbocycles. The van der Waals surface area contributed by atoms with Gasteiger partial charge >= 0.3 is 0 Å². The standard InChI is InChI=1S/C38H25NS.C32H19NS2.C32H21NS/c1-4-12-26(13-5-1)30-22-31(27-14-6-2-7-15-27)24-32(23-30)39-34-19-11-10-18-33(34)37-35(39)21-20-29-25-36(40-38(29)37)28-16-8-3-9-17-28;1-2-8-20(9-3-1)30-18-21-14-16-27-31(32(21)35-30)24-11-4-6-12-26(24)33(27)22-15-17-29-25(19-22)23-10-5-7-13-28(23)34-29;1-3-10-22(11-4-1)24-14-9-15-26(20-24)33-28-17-8-7-16-27(28)31-29(33)19-18-25-21-30(34-32(25)31)23-12-5-2-6-13-23/h1-25H;1-19H;1-21H. The van der Waals surface area contributed by atoms with E-state index in [1.807, 2.05) is 45.3 Å². The largest absolute Gasteiger partial charge is 0.309 e. The molecule has 0 spiro atoms. The maximum absolute atomic E-state index is 2.45. The fourth-order valence-electron chi connectivity index (χ4n) is 16.4. The minimum atomic E-state index is 1.17. The van der Waals surface area contributed by atoms with Gasteiger partial charge < -0.3 is 13.7 Å². The lowest BCUT2D eigenvalue weighted by Gasteiger charge is -2.14. The van der Waals surface area contributed by atoms with Crippen molar-refractivity contribution in [2.24, 2.45) is 0 Å². The first-order valence-corrected chi connectivity index (χ1v) is 40.2. The second kappa shape index (κ2) is 27.1. The van der Waals surface area contributed by atoms with Crippen molar-refractivity contribution in [3.8, 4) is 81.8 Å². The predicted octanol–water partition coefficient (Wildman–Crippen LogP) is 30.4. The highest BCUT2D eigenvalue weighted by molar-refractivity contribution is 7.26. The van der Waals surface area contributed by atoms with Gasteiger partial charge in [-0.2, -0.15) is 0 Å². The summed E-state index contributed by atoms with van der Waals surface area (Å²) in [5.41, 5.74) is 22.2. The third-order valence-electron chi connectivity index (χ3n) is 21.4. The molecular formula is C102H65N3S4. The fraction of sp³-hybridized carbons (Fsp3) is 0. The van der Waals surface area contributed by atoms with Gasteiger partial charge in [0, 0.05) is 98.3 Å². The first-order valence-electron chi connectivity index (χ1n) is 36.9. The second-order valence-corrected chi connectivity index (χ2v) is 32.1. The van der Waals surface area contributed by atoms with Crippen molar-refractivity contribution in [2.45, 2.75) is 0 Å². The summed E-state index contributed by atoms with van der Waals surface area (Å²) in [7, 11) is 0. The molecule has 0 unspecified atom stereocenters. The molecule has 0 amide bonds. The summed E-state index contributed by atoms with van der Waals surface area (Å²) >= 11 is 7.55. The van der Waals surface area contributed by atoms with Gasteiger partial charge in [-0.3, -0.25) is 0 Å².